The lowest BCUT2D eigenvalue weighted by atomic mass is 10.1. The maximum Gasteiger partial charge on any atom is 0.573 e. The Morgan fingerprint density at radius 3 is 2.32 bits per heavy atom. The van der Waals surface area contributed by atoms with Crippen LogP contribution < -0.4 is 9.46 Å². The van der Waals surface area contributed by atoms with E-state index in [-0.39, 0.29) is 5.56 Å². The number of hydrogen-bond acceptors (Lipinski definition) is 3. The topological polar surface area (TPSA) is 55.4 Å². The van der Waals surface area contributed by atoms with Crippen molar-refractivity contribution in [2.75, 3.05) is 0 Å². The zero-order valence-corrected chi connectivity index (χ0v) is 13.5. The molecule has 0 fully saturated rings. The van der Waals surface area contributed by atoms with Crippen molar-refractivity contribution in [3.63, 3.8) is 0 Å². The first-order chi connectivity index (χ1) is 11.5. The summed E-state index contributed by atoms with van der Waals surface area (Å²) in [6.07, 6.45) is -5.08. The quantitative estimate of drug-likeness (QED) is 0.800. The average molecular weight is 381 g/mol. The molecule has 2 aromatic rings. The van der Waals surface area contributed by atoms with Crippen LogP contribution in [0.25, 0.3) is 0 Å². The van der Waals surface area contributed by atoms with Gasteiger partial charge >= 0.3 is 6.36 Å². The van der Waals surface area contributed by atoms with Crippen LogP contribution in [0.2, 0.25) is 0 Å². The minimum absolute atomic E-state index is 0.167. The summed E-state index contributed by atoms with van der Waals surface area (Å²) in [6.45, 7) is 1.26. The second kappa shape index (κ2) is 6.96. The second-order valence-corrected chi connectivity index (χ2v) is 6.69. The van der Waals surface area contributed by atoms with Crippen molar-refractivity contribution < 1.29 is 35.1 Å². The van der Waals surface area contributed by atoms with Gasteiger partial charge in [0.25, 0.3) is 0 Å². The smallest absolute Gasteiger partial charge is 0.404 e. The van der Waals surface area contributed by atoms with Crippen LogP contribution in [0.4, 0.5) is 22.0 Å². The van der Waals surface area contributed by atoms with Gasteiger partial charge in [-0.1, -0.05) is 18.2 Å². The molecule has 1 unspecified atom stereocenters. The molecule has 1 atom stereocenters. The van der Waals surface area contributed by atoms with Crippen molar-refractivity contribution in [3.8, 4) is 5.75 Å². The van der Waals surface area contributed by atoms with Crippen molar-refractivity contribution in [1.82, 2.24) is 4.72 Å². The molecule has 136 valence electrons. The summed E-state index contributed by atoms with van der Waals surface area (Å²) in [6, 6.07) is 5.51. The van der Waals surface area contributed by atoms with Gasteiger partial charge in [-0.25, -0.2) is 21.9 Å². The van der Waals surface area contributed by atoms with Crippen LogP contribution in [-0.4, -0.2) is 14.8 Å². The van der Waals surface area contributed by atoms with E-state index in [2.05, 4.69) is 4.74 Å². The minimum Gasteiger partial charge on any atom is -0.404 e. The summed E-state index contributed by atoms with van der Waals surface area (Å²) in [5.74, 6) is -2.76. The molecule has 2 aromatic carbocycles. The van der Waals surface area contributed by atoms with Gasteiger partial charge in [0.2, 0.25) is 10.0 Å². The largest absolute Gasteiger partial charge is 0.573 e. The fourth-order valence-corrected chi connectivity index (χ4v) is 3.45. The number of alkyl halides is 3. The highest BCUT2D eigenvalue weighted by atomic mass is 32.2. The van der Waals surface area contributed by atoms with Gasteiger partial charge < -0.3 is 4.74 Å². The SMILES string of the molecule is CC(NS(=O)(=O)c1ccccc1OC(F)(F)F)c1ccc(F)cc1F. The Labute approximate surface area is 140 Å². The molecule has 1 N–H and O–H groups in total. The zero-order chi connectivity index (χ0) is 18.8. The number of ether oxygens (including phenoxy) is 1. The molecular formula is C15H12F5NO3S. The molecule has 0 radical (unpaired) electrons. The molecule has 25 heavy (non-hydrogen) atoms. The van der Waals surface area contributed by atoms with Crippen molar-refractivity contribution >= 4 is 10.0 Å². The van der Waals surface area contributed by atoms with E-state index in [9.17, 15) is 30.4 Å². The predicted molar refractivity (Wildman–Crippen MR) is 78.2 cm³/mol. The van der Waals surface area contributed by atoms with Crippen LogP contribution in [-0.2, 0) is 10.0 Å². The molecule has 0 saturated carbocycles. The first-order valence-corrected chi connectivity index (χ1v) is 8.30. The van der Waals surface area contributed by atoms with Gasteiger partial charge in [0.15, 0.2) is 0 Å². The van der Waals surface area contributed by atoms with Gasteiger partial charge in [0.1, 0.15) is 22.3 Å². The van der Waals surface area contributed by atoms with Crippen molar-refractivity contribution in [2.45, 2.75) is 24.2 Å². The van der Waals surface area contributed by atoms with Gasteiger partial charge in [-0.2, -0.15) is 0 Å². The first-order valence-electron chi connectivity index (χ1n) is 6.81. The molecule has 2 rings (SSSR count). The van der Waals surface area contributed by atoms with Crippen molar-refractivity contribution in [2.24, 2.45) is 0 Å². The van der Waals surface area contributed by atoms with Gasteiger partial charge in [0.05, 0.1) is 0 Å². The summed E-state index contributed by atoms with van der Waals surface area (Å²) in [4.78, 5) is -0.762. The number of halogens is 5. The molecular weight excluding hydrogens is 369 g/mol. The van der Waals surface area contributed by atoms with Crippen LogP contribution in [0.5, 0.6) is 5.75 Å². The standard InChI is InChI=1S/C15H12F5NO3S/c1-9(11-7-6-10(16)8-12(11)17)21-25(22,23)14-5-3-2-4-13(14)24-15(18,19)20/h2-9,21H,1H3. The maximum absolute atomic E-state index is 13.7. The highest BCUT2D eigenvalue weighted by Gasteiger charge is 2.34. The Morgan fingerprint density at radius 2 is 1.72 bits per heavy atom. The number of hydrogen-bond donors (Lipinski definition) is 1. The Morgan fingerprint density at radius 1 is 1.08 bits per heavy atom. The number of sulfonamides is 1. The fraction of sp³-hybridized carbons (Fsp3) is 0.200. The Kier molecular flexibility index (Phi) is 5.33. The molecule has 0 aliphatic heterocycles. The summed E-state index contributed by atoms with van der Waals surface area (Å²) < 4.78 is 94.3. The molecule has 0 amide bonds. The monoisotopic (exact) mass is 381 g/mol. The molecule has 0 saturated heterocycles. The van der Waals surface area contributed by atoms with E-state index in [1.165, 1.54) is 19.1 Å². The van der Waals surface area contributed by atoms with E-state index in [1.54, 1.807) is 0 Å². The molecule has 0 aromatic heterocycles. The number of para-hydroxylation sites is 1. The van der Waals surface area contributed by atoms with Crippen LogP contribution in [0.3, 0.4) is 0 Å². The van der Waals surface area contributed by atoms with Crippen LogP contribution in [0.1, 0.15) is 18.5 Å². The average Bonchev–Trinajstić information content (AvgIpc) is 2.45. The highest BCUT2D eigenvalue weighted by Crippen LogP contribution is 2.30. The van der Waals surface area contributed by atoms with Crippen molar-refractivity contribution in [1.29, 1.82) is 0 Å². The van der Waals surface area contributed by atoms with Crippen LogP contribution in [0.15, 0.2) is 47.4 Å². The lowest BCUT2D eigenvalue weighted by Gasteiger charge is -2.18. The predicted octanol–water partition coefficient (Wildman–Crippen LogP) is 3.90. The van der Waals surface area contributed by atoms with E-state index < -0.39 is 44.7 Å². The van der Waals surface area contributed by atoms with Crippen LogP contribution >= 0.6 is 0 Å². The summed E-state index contributed by atoms with van der Waals surface area (Å²) in [5.41, 5.74) is -0.167. The molecule has 0 aliphatic rings. The Hall–Kier alpha value is -2.20. The highest BCUT2D eigenvalue weighted by molar-refractivity contribution is 7.89. The van der Waals surface area contributed by atoms with E-state index in [4.69, 9.17) is 0 Å². The summed E-state index contributed by atoms with van der Waals surface area (Å²) >= 11 is 0. The maximum atomic E-state index is 13.7. The summed E-state index contributed by atoms with van der Waals surface area (Å²) in [5, 5.41) is 0. The minimum atomic E-state index is -5.08. The molecule has 0 heterocycles. The van der Waals surface area contributed by atoms with Crippen molar-refractivity contribution in [3.05, 3.63) is 59.7 Å². The fourth-order valence-electron chi connectivity index (χ4n) is 2.09. The van der Waals surface area contributed by atoms with E-state index in [0.29, 0.717) is 6.07 Å². The normalized spacial score (nSPS) is 13.5. The molecule has 4 nitrogen and oxygen atoms in total. The summed E-state index contributed by atoms with van der Waals surface area (Å²) in [7, 11) is -4.47. The second-order valence-electron chi connectivity index (χ2n) is 5.00. The molecule has 0 bridgehead atoms. The van der Waals surface area contributed by atoms with Gasteiger partial charge in [-0.3, -0.25) is 0 Å². The lowest BCUT2D eigenvalue weighted by molar-refractivity contribution is -0.275. The Bertz CT molecular complexity index is 868. The lowest BCUT2D eigenvalue weighted by Crippen LogP contribution is -2.28. The third-order valence-electron chi connectivity index (χ3n) is 3.13. The number of rotatable bonds is 5. The molecule has 0 spiro atoms. The number of benzene rings is 2. The van der Waals surface area contributed by atoms with E-state index in [0.717, 1.165) is 24.3 Å². The van der Waals surface area contributed by atoms with E-state index >= 15 is 0 Å². The third kappa shape index (κ3) is 4.89. The Balaban J connectivity index is 2.33. The molecule has 0 aliphatic carbocycles. The number of nitrogens with one attached hydrogen (secondary N) is 1. The third-order valence-corrected chi connectivity index (χ3v) is 4.71. The molecule has 10 heteroatoms. The van der Waals surface area contributed by atoms with Gasteiger partial charge in [0, 0.05) is 17.7 Å². The first kappa shape index (κ1) is 19.1. The van der Waals surface area contributed by atoms with Crippen LogP contribution in [0, 0.1) is 11.6 Å². The zero-order valence-electron chi connectivity index (χ0n) is 12.6. The van der Waals surface area contributed by atoms with E-state index in [1.807, 2.05) is 4.72 Å². The van der Waals surface area contributed by atoms with Gasteiger partial charge in [-0.15, -0.1) is 13.2 Å². The van der Waals surface area contributed by atoms with Gasteiger partial charge in [-0.05, 0) is 25.1 Å².